The third-order valence-corrected chi connectivity index (χ3v) is 3.98. The van der Waals surface area contributed by atoms with E-state index < -0.39 is 0 Å². The van der Waals surface area contributed by atoms with Crippen LogP contribution in [0, 0.1) is 0 Å². The summed E-state index contributed by atoms with van der Waals surface area (Å²) in [5.41, 5.74) is 3.90. The van der Waals surface area contributed by atoms with Crippen molar-refractivity contribution in [2.45, 2.75) is 13.0 Å². The molecule has 0 unspecified atom stereocenters. The highest BCUT2D eigenvalue weighted by atomic mass is 79.9. The van der Waals surface area contributed by atoms with Crippen molar-refractivity contribution in [2.24, 2.45) is 0 Å². The molecule has 0 spiro atoms. The maximum atomic E-state index is 3.50. The van der Waals surface area contributed by atoms with Crippen molar-refractivity contribution in [3.05, 3.63) is 58.6 Å². The number of hydrogen-bond donors (Lipinski definition) is 1. The number of halogens is 1. The Morgan fingerprint density at radius 2 is 1.84 bits per heavy atom. The van der Waals surface area contributed by atoms with Crippen LogP contribution in [-0.2, 0) is 6.54 Å². The van der Waals surface area contributed by atoms with Crippen LogP contribution in [-0.4, -0.2) is 13.1 Å². The topological polar surface area (TPSA) is 15.3 Å². The number of hydrogen-bond acceptors (Lipinski definition) is 2. The molecule has 0 amide bonds. The number of rotatable bonds is 2. The fourth-order valence-electron chi connectivity index (χ4n) is 2.49. The zero-order chi connectivity index (χ0) is 13.1. The van der Waals surface area contributed by atoms with E-state index in [-0.39, 0.29) is 0 Å². The summed E-state index contributed by atoms with van der Waals surface area (Å²) in [7, 11) is 0. The molecule has 0 fully saturated rings. The van der Waals surface area contributed by atoms with E-state index in [4.69, 9.17) is 0 Å². The van der Waals surface area contributed by atoms with Crippen molar-refractivity contribution >= 4 is 27.3 Å². The summed E-state index contributed by atoms with van der Waals surface area (Å²) >= 11 is 3.49. The number of para-hydroxylation sites is 2. The number of nitrogens with one attached hydrogen (secondary N) is 1. The Bertz CT molecular complexity index is 551. The van der Waals surface area contributed by atoms with E-state index in [9.17, 15) is 0 Å². The van der Waals surface area contributed by atoms with Crippen LogP contribution in [0.15, 0.2) is 53.0 Å². The quantitative estimate of drug-likeness (QED) is 0.890. The van der Waals surface area contributed by atoms with Crippen molar-refractivity contribution in [1.82, 2.24) is 0 Å². The van der Waals surface area contributed by atoms with Crippen molar-refractivity contribution in [1.29, 1.82) is 0 Å². The van der Waals surface area contributed by atoms with Gasteiger partial charge in [-0.3, -0.25) is 0 Å². The van der Waals surface area contributed by atoms with Crippen LogP contribution in [0.3, 0.4) is 0 Å². The lowest BCUT2D eigenvalue weighted by Gasteiger charge is -2.24. The molecule has 0 saturated carbocycles. The van der Waals surface area contributed by atoms with Crippen LogP contribution >= 0.6 is 15.9 Å². The first-order valence-corrected chi connectivity index (χ1v) is 7.44. The molecule has 0 bridgehead atoms. The lowest BCUT2D eigenvalue weighted by Crippen LogP contribution is -2.23. The SMILES string of the molecule is Brc1ccc(CN2CCCNc3ccccc32)cc1. The fourth-order valence-corrected chi connectivity index (χ4v) is 2.75. The van der Waals surface area contributed by atoms with Crippen LogP contribution < -0.4 is 10.2 Å². The Kier molecular flexibility index (Phi) is 3.74. The van der Waals surface area contributed by atoms with Gasteiger partial charge in [-0.25, -0.2) is 0 Å². The summed E-state index contributed by atoms with van der Waals surface area (Å²) in [6, 6.07) is 17.2. The van der Waals surface area contributed by atoms with Crippen LogP contribution in [0.25, 0.3) is 0 Å². The van der Waals surface area contributed by atoms with Gasteiger partial charge in [-0.15, -0.1) is 0 Å². The zero-order valence-corrected chi connectivity index (χ0v) is 12.4. The van der Waals surface area contributed by atoms with Gasteiger partial charge in [0.05, 0.1) is 11.4 Å². The molecule has 3 rings (SSSR count). The Morgan fingerprint density at radius 3 is 2.68 bits per heavy atom. The van der Waals surface area contributed by atoms with Gasteiger partial charge in [0, 0.05) is 24.1 Å². The molecule has 1 N–H and O–H groups in total. The molecule has 0 saturated heterocycles. The fraction of sp³-hybridized carbons (Fsp3) is 0.250. The number of fused-ring (bicyclic) bond motifs is 1. The van der Waals surface area contributed by atoms with Crippen molar-refractivity contribution < 1.29 is 0 Å². The van der Waals surface area contributed by atoms with Crippen LogP contribution in [0.2, 0.25) is 0 Å². The minimum absolute atomic E-state index is 0.964. The predicted octanol–water partition coefficient (Wildman–Crippen LogP) is 4.27. The van der Waals surface area contributed by atoms with E-state index in [0.717, 1.165) is 24.1 Å². The third kappa shape index (κ3) is 2.92. The molecule has 2 nitrogen and oxygen atoms in total. The van der Waals surface area contributed by atoms with E-state index >= 15 is 0 Å². The van der Waals surface area contributed by atoms with Crippen molar-refractivity contribution in [2.75, 3.05) is 23.3 Å². The molecule has 1 heterocycles. The van der Waals surface area contributed by atoms with Crippen LogP contribution in [0.1, 0.15) is 12.0 Å². The Balaban J connectivity index is 1.86. The molecule has 0 aromatic heterocycles. The first kappa shape index (κ1) is 12.5. The molecule has 2 aromatic rings. The Hall–Kier alpha value is -1.48. The number of benzene rings is 2. The smallest absolute Gasteiger partial charge is 0.0605 e. The lowest BCUT2D eigenvalue weighted by molar-refractivity contribution is 0.764. The second kappa shape index (κ2) is 5.66. The van der Waals surface area contributed by atoms with Gasteiger partial charge in [-0.1, -0.05) is 40.2 Å². The molecule has 1 aliphatic rings. The standard InChI is InChI=1S/C16H17BrN2/c17-14-8-6-13(7-9-14)12-19-11-3-10-18-15-4-1-2-5-16(15)19/h1-2,4-9,18H,3,10-12H2. The van der Waals surface area contributed by atoms with E-state index in [0.29, 0.717) is 0 Å². The van der Waals surface area contributed by atoms with E-state index in [1.807, 2.05) is 0 Å². The van der Waals surface area contributed by atoms with Gasteiger partial charge in [0.2, 0.25) is 0 Å². The molecule has 19 heavy (non-hydrogen) atoms. The molecule has 0 radical (unpaired) electrons. The van der Waals surface area contributed by atoms with Gasteiger partial charge in [0.15, 0.2) is 0 Å². The summed E-state index contributed by atoms with van der Waals surface area (Å²) in [4.78, 5) is 2.46. The normalized spacial score (nSPS) is 14.5. The molecule has 3 heteroatoms. The maximum Gasteiger partial charge on any atom is 0.0605 e. The van der Waals surface area contributed by atoms with E-state index in [1.54, 1.807) is 0 Å². The number of anilines is 2. The highest BCUT2D eigenvalue weighted by Crippen LogP contribution is 2.29. The summed E-state index contributed by atoms with van der Waals surface area (Å²) < 4.78 is 1.13. The van der Waals surface area contributed by atoms with Gasteiger partial charge in [0.25, 0.3) is 0 Å². The van der Waals surface area contributed by atoms with Gasteiger partial charge >= 0.3 is 0 Å². The Labute approximate surface area is 122 Å². The van der Waals surface area contributed by atoms with E-state index in [1.165, 1.54) is 23.4 Å². The molecular weight excluding hydrogens is 300 g/mol. The average Bonchev–Trinajstić information content (AvgIpc) is 2.64. The van der Waals surface area contributed by atoms with Gasteiger partial charge < -0.3 is 10.2 Å². The predicted molar refractivity (Wildman–Crippen MR) is 84.7 cm³/mol. The second-order valence-electron chi connectivity index (χ2n) is 4.85. The molecule has 1 aliphatic heterocycles. The monoisotopic (exact) mass is 316 g/mol. The van der Waals surface area contributed by atoms with Gasteiger partial charge in [-0.05, 0) is 36.2 Å². The summed E-state index contributed by atoms with van der Waals surface area (Å²) in [5, 5.41) is 3.50. The molecule has 0 atom stereocenters. The van der Waals surface area contributed by atoms with Crippen molar-refractivity contribution in [3.8, 4) is 0 Å². The molecule has 2 aromatic carbocycles. The highest BCUT2D eigenvalue weighted by molar-refractivity contribution is 9.10. The first-order valence-electron chi connectivity index (χ1n) is 6.65. The summed E-state index contributed by atoms with van der Waals surface area (Å²) in [5.74, 6) is 0. The lowest BCUT2D eigenvalue weighted by atomic mass is 10.2. The first-order chi connectivity index (χ1) is 9.33. The third-order valence-electron chi connectivity index (χ3n) is 3.45. The summed E-state index contributed by atoms with van der Waals surface area (Å²) in [6.45, 7) is 3.11. The summed E-state index contributed by atoms with van der Waals surface area (Å²) in [6.07, 6.45) is 1.17. The zero-order valence-electron chi connectivity index (χ0n) is 10.8. The highest BCUT2D eigenvalue weighted by Gasteiger charge is 2.14. The van der Waals surface area contributed by atoms with Crippen LogP contribution in [0.4, 0.5) is 11.4 Å². The van der Waals surface area contributed by atoms with Gasteiger partial charge in [0.1, 0.15) is 0 Å². The van der Waals surface area contributed by atoms with Crippen molar-refractivity contribution in [3.63, 3.8) is 0 Å². The molecule has 0 aliphatic carbocycles. The largest absolute Gasteiger partial charge is 0.383 e. The molecular formula is C16H17BrN2. The van der Waals surface area contributed by atoms with E-state index in [2.05, 4.69) is 74.7 Å². The maximum absolute atomic E-state index is 3.50. The minimum Gasteiger partial charge on any atom is -0.383 e. The Morgan fingerprint density at radius 1 is 1.05 bits per heavy atom. The van der Waals surface area contributed by atoms with Gasteiger partial charge in [-0.2, -0.15) is 0 Å². The minimum atomic E-state index is 0.964. The second-order valence-corrected chi connectivity index (χ2v) is 5.76. The molecule has 98 valence electrons. The number of nitrogens with zero attached hydrogens (tertiary/aromatic N) is 1. The average molecular weight is 317 g/mol. The van der Waals surface area contributed by atoms with Crippen LogP contribution in [0.5, 0.6) is 0 Å².